The van der Waals surface area contributed by atoms with Crippen molar-refractivity contribution < 1.29 is 19.1 Å². The van der Waals surface area contributed by atoms with Crippen LogP contribution >= 0.6 is 0 Å². The number of carbonyl (C=O) groups is 2. The van der Waals surface area contributed by atoms with Crippen LogP contribution in [0.1, 0.15) is 0 Å². The molecule has 1 fully saturated rings. The Kier molecular flexibility index (Phi) is 4.14. The van der Waals surface area contributed by atoms with Crippen LogP contribution in [0, 0.1) is 0 Å². The minimum Gasteiger partial charge on any atom is -0.455 e. The summed E-state index contributed by atoms with van der Waals surface area (Å²) in [5.41, 5.74) is 0.536. The van der Waals surface area contributed by atoms with Crippen LogP contribution in [0.25, 0.3) is 0 Å². The van der Waals surface area contributed by atoms with Crippen LogP contribution in [0.5, 0.6) is 11.5 Å². The molecule has 6 heteroatoms. The molecule has 0 radical (unpaired) electrons. The molecule has 3 rings (SSSR count). The summed E-state index contributed by atoms with van der Waals surface area (Å²) < 4.78 is 10.7. The Bertz CT molecular complexity index is 718. The zero-order valence-electron chi connectivity index (χ0n) is 12.6. The predicted octanol–water partition coefficient (Wildman–Crippen LogP) is 2.87. The van der Waals surface area contributed by atoms with E-state index >= 15 is 0 Å². The number of anilines is 1. The van der Waals surface area contributed by atoms with Gasteiger partial charge in [-0.2, -0.15) is 0 Å². The van der Waals surface area contributed by atoms with Crippen LogP contribution in [0.4, 0.5) is 10.5 Å². The van der Waals surface area contributed by atoms with Crippen molar-refractivity contribution in [2.75, 3.05) is 19.0 Å². The van der Waals surface area contributed by atoms with Crippen LogP contribution in [0.15, 0.2) is 54.6 Å². The smallest absolute Gasteiger partial charge is 0.410 e. The number of nitrogens with zero attached hydrogens (tertiary/aromatic N) is 1. The summed E-state index contributed by atoms with van der Waals surface area (Å²) in [5, 5.41) is 2.79. The molecule has 1 unspecified atom stereocenters. The largest absolute Gasteiger partial charge is 0.455 e. The van der Waals surface area contributed by atoms with Gasteiger partial charge >= 0.3 is 6.09 Å². The van der Waals surface area contributed by atoms with E-state index in [1.54, 1.807) is 18.2 Å². The first kappa shape index (κ1) is 14.9. The maximum atomic E-state index is 12.3. The van der Waals surface area contributed by atoms with E-state index in [9.17, 15) is 9.59 Å². The fraction of sp³-hybridized carbons (Fsp3) is 0.176. The lowest BCUT2D eigenvalue weighted by Gasteiger charge is -2.17. The average molecular weight is 312 g/mol. The number of likely N-dealkylation sites (N-methyl/N-ethyl adjacent to an activating group) is 1. The van der Waals surface area contributed by atoms with Crippen molar-refractivity contribution >= 4 is 17.7 Å². The predicted molar refractivity (Wildman–Crippen MR) is 84.5 cm³/mol. The molecule has 1 aliphatic heterocycles. The molecular formula is C17H16N2O4. The van der Waals surface area contributed by atoms with Crippen LogP contribution in [0.2, 0.25) is 0 Å². The first-order valence-corrected chi connectivity index (χ1v) is 7.17. The van der Waals surface area contributed by atoms with Crippen LogP contribution in [-0.2, 0) is 9.53 Å². The Morgan fingerprint density at radius 3 is 2.57 bits per heavy atom. The Morgan fingerprint density at radius 2 is 1.87 bits per heavy atom. The van der Waals surface area contributed by atoms with Crippen molar-refractivity contribution in [3.05, 3.63) is 54.6 Å². The number of hydrogen-bond acceptors (Lipinski definition) is 4. The highest BCUT2D eigenvalue weighted by Gasteiger charge is 2.35. The van der Waals surface area contributed by atoms with Crippen LogP contribution in [0.3, 0.4) is 0 Å². The Balaban J connectivity index is 1.76. The molecule has 1 aliphatic rings. The fourth-order valence-corrected chi connectivity index (χ4v) is 2.23. The van der Waals surface area contributed by atoms with E-state index in [0.29, 0.717) is 17.2 Å². The maximum absolute atomic E-state index is 12.3. The maximum Gasteiger partial charge on any atom is 0.410 e. The molecule has 6 nitrogen and oxygen atoms in total. The zero-order valence-corrected chi connectivity index (χ0v) is 12.6. The van der Waals surface area contributed by atoms with Gasteiger partial charge in [-0.05, 0) is 24.3 Å². The summed E-state index contributed by atoms with van der Waals surface area (Å²) in [6.45, 7) is 0.0445. The monoisotopic (exact) mass is 312 g/mol. The number of amides is 2. The molecule has 2 aromatic carbocycles. The third kappa shape index (κ3) is 3.26. The highest BCUT2D eigenvalue weighted by atomic mass is 16.6. The van der Waals surface area contributed by atoms with Crippen molar-refractivity contribution in [2.45, 2.75) is 6.04 Å². The van der Waals surface area contributed by atoms with Crippen LogP contribution in [-0.4, -0.2) is 36.6 Å². The Morgan fingerprint density at radius 1 is 1.17 bits per heavy atom. The van der Waals surface area contributed by atoms with E-state index < -0.39 is 12.1 Å². The van der Waals surface area contributed by atoms with Gasteiger partial charge in [0.1, 0.15) is 18.4 Å². The van der Waals surface area contributed by atoms with Crippen molar-refractivity contribution in [2.24, 2.45) is 0 Å². The molecule has 1 atom stereocenters. The second-order valence-electron chi connectivity index (χ2n) is 5.10. The highest BCUT2D eigenvalue weighted by Crippen LogP contribution is 2.29. The second-order valence-corrected chi connectivity index (χ2v) is 5.10. The molecule has 1 N–H and O–H groups in total. The minimum absolute atomic E-state index is 0.0445. The number of ether oxygens (including phenoxy) is 2. The van der Waals surface area contributed by atoms with Gasteiger partial charge in [0.05, 0.1) is 5.69 Å². The number of rotatable bonds is 4. The van der Waals surface area contributed by atoms with Gasteiger partial charge in [0.2, 0.25) is 0 Å². The van der Waals surface area contributed by atoms with Gasteiger partial charge in [-0.3, -0.25) is 9.69 Å². The second kappa shape index (κ2) is 6.39. The van der Waals surface area contributed by atoms with E-state index in [2.05, 4.69) is 5.32 Å². The fourth-order valence-electron chi connectivity index (χ4n) is 2.23. The average Bonchev–Trinajstić information content (AvgIpc) is 2.90. The van der Waals surface area contributed by atoms with Gasteiger partial charge in [-0.15, -0.1) is 0 Å². The van der Waals surface area contributed by atoms with E-state index in [0.717, 1.165) is 0 Å². The van der Waals surface area contributed by atoms with E-state index in [4.69, 9.17) is 9.47 Å². The molecule has 0 bridgehead atoms. The number of cyclic esters (lactones) is 1. The van der Waals surface area contributed by atoms with Gasteiger partial charge in [0.15, 0.2) is 5.75 Å². The van der Waals surface area contributed by atoms with E-state index in [1.807, 2.05) is 36.4 Å². The minimum atomic E-state index is -0.646. The molecule has 2 amide bonds. The number of nitrogens with one attached hydrogen (secondary N) is 1. The Labute approximate surface area is 133 Å². The molecule has 23 heavy (non-hydrogen) atoms. The normalized spacial score (nSPS) is 16.8. The highest BCUT2D eigenvalue weighted by molar-refractivity contribution is 5.98. The first-order chi connectivity index (χ1) is 11.1. The van der Waals surface area contributed by atoms with E-state index in [-0.39, 0.29) is 12.5 Å². The summed E-state index contributed by atoms with van der Waals surface area (Å²) in [4.78, 5) is 25.0. The SMILES string of the molecule is CN1C(=O)OCC1C(=O)Nc1ccccc1Oc1ccccc1. The van der Waals surface area contributed by atoms with E-state index in [1.165, 1.54) is 11.9 Å². The zero-order chi connectivity index (χ0) is 16.2. The first-order valence-electron chi connectivity index (χ1n) is 7.17. The van der Waals surface area contributed by atoms with Gasteiger partial charge < -0.3 is 14.8 Å². The van der Waals surface area contributed by atoms with Crippen molar-refractivity contribution in [3.63, 3.8) is 0 Å². The lowest BCUT2D eigenvalue weighted by Crippen LogP contribution is -2.40. The summed E-state index contributed by atoms with van der Waals surface area (Å²) in [7, 11) is 1.53. The number of carbonyl (C=O) groups excluding carboxylic acids is 2. The molecule has 1 saturated heterocycles. The molecule has 0 saturated carbocycles. The van der Waals surface area contributed by atoms with Crippen molar-refractivity contribution in [1.29, 1.82) is 0 Å². The summed E-state index contributed by atoms with van der Waals surface area (Å²) in [5.74, 6) is 0.883. The molecule has 118 valence electrons. The van der Waals surface area contributed by atoms with Gasteiger partial charge in [0, 0.05) is 7.05 Å². The quantitative estimate of drug-likeness (QED) is 0.942. The van der Waals surface area contributed by atoms with Crippen LogP contribution < -0.4 is 10.1 Å². The van der Waals surface area contributed by atoms with Gasteiger partial charge in [-0.1, -0.05) is 30.3 Å². The summed E-state index contributed by atoms with van der Waals surface area (Å²) in [6.07, 6.45) is -0.501. The number of para-hydroxylation sites is 3. The van der Waals surface area contributed by atoms with Crippen molar-refractivity contribution in [3.8, 4) is 11.5 Å². The molecule has 0 aromatic heterocycles. The molecule has 2 aromatic rings. The molecule has 1 heterocycles. The third-order valence-corrected chi connectivity index (χ3v) is 3.54. The molecular weight excluding hydrogens is 296 g/mol. The van der Waals surface area contributed by atoms with Gasteiger partial charge in [0.25, 0.3) is 5.91 Å². The third-order valence-electron chi connectivity index (χ3n) is 3.54. The molecule has 0 aliphatic carbocycles. The molecule has 0 spiro atoms. The lowest BCUT2D eigenvalue weighted by atomic mass is 10.2. The topological polar surface area (TPSA) is 67.9 Å². The van der Waals surface area contributed by atoms with Crippen molar-refractivity contribution in [1.82, 2.24) is 4.90 Å². The lowest BCUT2D eigenvalue weighted by molar-refractivity contribution is -0.119. The Hall–Kier alpha value is -3.02. The standard InChI is InChI=1S/C17H16N2O4/c1-19-14(11-22-17(19)21)16(20)18-13-9-5-6-10-15(13)23-12-7-3-2-4-8-12/h2-10,14H,11H2,1H3,(H,18,20). The number of benzene rings is 2. The summed E-state index contributed by atoms with van der Waals surface area (Å²) >= 11 is 0. The van der Waals surface area contributed by atoms with Gasteiger partial charge in [-0.25, -0.2) is 4.79 Å². The number of hydrogen-bond donors (Lipinski definition) is 1. The summed E-state index contributed by atoms with van der Waals surface area (Å²) in [6, 6.07) is 15.8.